The van der Waals surface area contributed by atoms with Crippen LogP contribution in [0.1, 0.15) is 64.9 Å². The van der Waals surface area contributed by atoms with Gasteiger partial charge in [0.05, 0.1) is 6.42 Å². The van der Waals surface area contributed by atoms with E-state index in [9.17, 15) is 9.59 Å². The second-order valence-corrected chi connectivity index (χ2v) is 11.7. The summed E-state index contributed by atoms with van der Waals surface area (Å²) < 4.78 is 18.4. The molecule has 0 radical (unpaired) electrons. The van der Waals surface area contributed by atoms with Crippen LogP contribution in [0.25, 0.3) is 10.9 Å². The van der Waals surface area contributed by atoms with E-state index >= 15 is 0 Å². The highest BCUT2D eigenvalue weighted by atomic mass is 17.3. The monoisotopic (exact) mass is 526 g/mol. The van der Waals surface area contributed by atoms with E-state index < -0.39 is 29.9 Å². The van der Waals surface area contributed by atoms with Crippen molar-refractivity contribution in [1.29, 1.82) is 0 Å². The number of carbonyl (C=O) groups excluding carboxylic acids is 2. The molecule has 2 unspecified atom stereocenters. The van der Waals surface area contributed by atoms with Crippen molar-refractivity contribution in [3.63, 3.8) is 0 Å². The van der Waals surface area contributed by atoms with Crippen LogP contribution in [0, 0.1) is 23.7 Å². The zero-order chi connectivity index (χ0) is 26.5. The Morgan fingerprint density at radius 1 is 1.11 bits per heavy atom. The molecule has 1 aliphatic carbocycles. The predicted octanol–water partition coefficient (Wildman–Crippen LogP) is 4.36. The number of ether oxygens (including phenoxy) is 3. The lowest BCUT2D eigenvalue weighted by molar-refractivity contribution is -0.576. The molecule has 4 aliphatic heterocycles. The second-order valence-electron chi connectivity index (χ2n) is 11.7. The molecule has 1 aromatic heterocycles. The molecular weight excluding hydrogens is 488 g/mol. The van der Waals surface area contributed by atoms with E-state index in [0.717, 1.165) is 42.1 Å². The van der Waals surface area contributed by atoms with Crippen LogP contribution in [0.15, 0.2) is 30.5 Å². The fourth-order valence-corrected chi connectivity index (χ4v) is 7.17. The van der Waals surface area contributed by atoms with Crippen molar-refractivity contribution in [1.82, 2.24) is 10.3 Å². The van der Waals surface area contributed by atoms with Gasteiger partial charge in [-0.3, -0.25) is 9.59 Å². The minimum atomic E-state index is -0.878. The van der Waals surface area contributed by atoms with E-state index in [1.165, 1.54) is 0 Å². The van der Waals surface area contributed by atoms with Gasteiger partial charge in [0.1, 0.15) is 0 Å². The van der Waals surface area contributed by atoms with Crippen molar-refractivity contribution in [2.24, 2.45) is 23.7 Å². The van der Waals surface area contributed by atoms with Crippen molar-refractivity contribution in [2.45, 2.75) is 89.7 Å². The van der Waals surface area contributed by atoms with Crippen molar-refractivity contribution in [3.05, 3.63) is 36.0 Å². The Morgan fingerprint density at radius 2 is 1.95 bits per heavy atom. The van der Waals surface area contributed by atoms with E-state index in [2.05, 4.69) is 23.3 Å². The van der Waals surface area contributed by atoms with E-state index in [0.29, 0.717) is 18.9 Å². The molecular formula is C29H38N2O7. The SMILES string of the molecule is C[C@H]1[C@H](OC(=O)CCC(=O)NCCc2c[nH]c3ccccc23)O[C@@H]2OC3(C)CC[C@H]4[C@H](C)CC[C@@H]1C24OO3. The Labute approximate surface area is 222 Å². The maximum Gasteiger partial charge on any atom is 0.308 e. The van der Waals surface area contributed by atoms with Crippen molar-refractivity contribution in [2.75, 3.05) is 6.54 Å². The standard InChI is InChI=1S/C29H38N2O7/c1-17-8-9-22-18(2)26(35-27-29(22)21(17)12-14-28(3,36-27)37-38-29)34-25(33)11-10-24(32)30-15-13-19-16-31-23-7-5-4-6-20(19)23/h4-7,16-18,21-22,26-27,31H,8-15H2,1-3H3,(H,30,32)/t17-,18-,21+,22+,26-,27-,28?,29?/m1/s1. The van der Waals surface area contributed by atoms with Gasteiger partial charge >= 0.3 is 5.97 Å². The Morgan fingerprint density at radius 3 is 2.82 bits per heavy atom. The number of para-hydroxylation sites is 1. The zero-order valence-corrected chi connectivity index (χ0v) is 22.4. The third-order valence-electron chi connectivity index (χ3n) is 9.29. The van der Waals surface area contributed by atoms with Crippen molar-refractivity contribution >= 4 is 22.8 Å². The molecule has 2 N–H and O–H groups in total. The van der Waals surface area contributed by atoms with Gasteiger partial charge in [-0.1, -0.05) is 32.0 Å². The number of carbonyl (C=O) groups is 2. The molecule has 206 valence electrons. The van der Waals surface area contributed by atoms with Gasteiger partial charge in [-0.25, -0.2) is 9.78 Å². The Kier molecular flexibility index (Phi) is 6.74. The number of hydrogen-bond donors (Lipinski definition) is 2. The fraction of sp³-hybridized carbons (Fsp3) is 0.655. The van der Waals surface area contributed by atoms with Crippen LogP contribution in [-0.4, -0.2) is 47.4 Å². The summed E-state index contributed by atoms with van der Waals surface area (Å²) in [5.74, 6) is -0.802. The predicted molar refractivity (Wildman–Crippen MR) is 137 cm³/mol. The number of nitrogens with one attached hydrogen (secondary N) is 2. The maximum atomic E-state index is 12.8. The lowest BCUT2D eigenvalue weighted by Gasteiger charge is -2.59. The highest BCUT2D eigenvalue weighted by molar-refractivity contribution is 5.83. The number of esters is 1. The number of aromatic amines is 1. The van der Waals surface area contributed by atoms with Crippen LogP contribution in [0.5, 0.6) is 0 Å². The van der Waals surface area contributed by atoms with Gasteiger partial charge < -0.3 is 24.5 Å². The molecule has 5 aliphatic rings. The minimum absolute atomic E-state index is 0.0101. The topological polar surface area (TPSA) is 108 Å². The molecule has 1 saturated carbocycles. The Bertz CT molecular complexity index is 1200. The second kappa shape index (κ2) is 9.93. The molecule has 2 bridgehead atoms. The average molecular weight is 527 g/mol. The molecule has 38 heavy (non-hydrogen) atoms. The first-order valence-electron chi connectivity index (χ1n) is 14.0. The van der Waals surface area contributed by atoms with Gasteiger partial charge in [0.25, 0.3) is 0 Å². The number of amides is 1. The molecule has 4 saturated heterocycles. The van der Waals surface area contributed by atoms with Gasteiger partial charge in [0.15, 0.2) is 11.9 Å². The normalized spacial score (nSPS) is 37.9. The maximum absolute atomic E-state index is 12.8. The molecule has 9 heteroatoms. The van der Waals surface area contributed by atoms with Crippen molar-refractivity contribution in [3.8, 4) is 0 Å². The molecule has 5 fully saturated rings. The number of fused-ring (bicyclic) bond motifs is 3. The van der Waals surface area contributed by atoms with E-state index in [-0.39, 0.29) is 36.5 Å². The first-order valence-corrected chi connectivity index (χ1v) is 14.0. The van der Waals surface area contributed by atoms with Crippen LogP contribution in [0.4, 0.5) is 0 Å². The van der Waals surface area contributed by atoms with E-state index in [4.69, 9.17) is 24.0 Å². The summed E-state index contributed by atoms with van der Waals surface area (Å²) in [6.45, 7) is 6.68. The molecule has 9 nitrogen and oxygen atoms in total. The molecule has 1 spiro atoms. The Balaban J connectivity index is 1.02. The number of rotatable bonds is 7. The number of benzene rings is 1. The summed E-state index contributed by atoms with van der Waals surface area (Å²) in [4.78, 5) is 40.4. The highest BCUT2D eigenvalue weighted by Gasteiger charge is 2.69. The summed E-state index contributed by atoms with van der Waals surface area (Å²) in [6, 6.07) is 8.08. The smallest absolute Gasteiger partial charge is 0.308 e. The van der Waals surface area contributed by atoms with Gasteiger partial charge in [-0.15, -0.1) is 0 Å². The van der Waals surface area contributed by atoms with Gasteiger partial charge in [0.2, 0.25) is 18.0 Å². The summed E-state index contributed by atoms with van der Waals surface area (Å²) in [6.07, 6.45) is 4.99. The van der Waals surface area contributed by atoms with Crippen LogP contribution < -0.4 is 5.32 Å². The number of hydrogen-bond acceptors (Lipinski definition) is 7. The Hall–Kier alpha value is -2.46. The lowest BCUT2D eigenvalue weighted by Crippen LogP contribution is -2.70. The molecule has 5 heterocycles. The third-order valence-corrected chi connectivity index (χ3v) is 9.29. The summed E-state index contributed by atoms with van der Waals surface area (Å²) in [5.41, 5.74) is 1.54. The van der Waals surface area contributed by atoms with Gasteiger partial charge in [-0.2, -0.15) is 0 Å². The van der Waals surface area contributed by atoms with Crippen LogP contribution in [0.2, 0.25) is 0 Å². The molecule has 1 amide bonds. The first-order chi connectivity index (χ1) is 18.3. The summed E-state index contributed by atoms with van der Waals surface area (Å²) in [5, 5.41) is 4.07. The van der Waals surface area contributed by atoms with E-state index in [1.807, 2.05) is 38.2 Å². The van der Waals surface area contributed by atoms with Crippen LogP contribution in [-0.2, 0) is 40.0 Å². The van der Waals surface area contributed by atoms with Crippen LogP contribution in [0.3, 0.4) is 0 Å². The number of H-pyrrole nitrogens is 1. The third kappa shape index (κ3) is 4.43. The molecule has 8 atom stereocenters. The quantitative estimate of drug-likeness (QED) is 0.408. The fourth-order valence-electron chi connectivity index (χ4n) is 7.17. The van der Waals surface area contributed by atoms with Gasteiger partial charge in [0, 0.05) is 48.3 Å². The minimum Gasteiger partial charge on any atom is -0.435 e. The average Bonchev–Trinajstić information content (AvgIpc) is 3.17. The summed E-state index contributed by atoms with van der Waals surface area (Å²) >= 11 is 0. The summed E-state index contributed by atoms with van der Waals surface area (Å²) in [7, 11) is 0. The highest BCUT2D eigenvalue weighted by Crippen LogP contribution is 2.60. The van der Waals surface area contributed by atoms with Gasteiger partial charge in [-0.05, 0) is 56.1 Å². The lowest BCUT2D eigenvalue weighted by atomic mass is 9.58. The largest absolute Gasteiger partial charge is 0.435 e. The van der Waals surface area contributed by atoms with E-state index in [1.54, 1.807) is 0 Å². The molecule has 1 aromatic carbocycles. The van der Waals surface area contributed by atoms with Crippen molar-refractivity contribution < 1.29 is 33.6 Å². The molecule has 2 aromatic rings. The first kappa shape index (κ1) is 25.8. The van der Waals surface area contributed by atoms with Crippen LogP contribution >= 0.6 is 0 Å². The molecule has 7 rings (SSSR count). The number of aromatic nitrogens is 1. The zero-order valence-electron chi connectivity index (χ0n) is 22.4.